The third kappa shape index (κ3) is 5.55. The highest BCUT2D eigenvalue weighted by Gasteiger charge is 2.14. The molecule has 0 aliphatic rings. The van der Waals surface area contributed by atoms with Gasteiger partial charge in [0.15, 0.2) is 0 Å². The Morgan fingerprint density at radius 1 is 1.26 bits per heavy atom. The fourth-order valence-corrected chi connectivity index (χ4v) is 3.09. The molecular formula is C16H27NOS. The topological polar surface area (TPSA) is 23.5 Å². The van der Waals surface area contributed by atoms with Crippen LogP contribution in [0, 0.1) is 6.92 Å². The predicted octanol–water partition coefficient (Wildman–Crippen LogP) is 3.49. The lowest BCUT2D eigenvalue weighted by Gasteiger charge is -2.27. The summed E-state index contributed by atoms with van der Waals surface area (Å²) >= 11 is 1.89. The Kier molecular flexibility index (Phi) is 7.51. The summed E-state index contributed by atoms with van der Waals surface area (Å²) in [7, 11) is 2.16. The van der Waals surface area contributed by atoms with Gasteiger partial charge in [-0.25, -0.2) is 0 Å². The van der Waals surface area contributed by atoms with Gasteiger partial charge < -0.3 is 10.0 Å². The number of benzene rings is 1. The van der Waals surface area contributed by atoms with Crippen LogP contribution in [0.4, 0.5) is 0 Å². The first kappa shape index (κ1) is 16.5. The van der Waals surface area contributed by atoms with Crippen LogP contribution in [0.5, 0.6) is 0 Å². The quantitative estimate of drug-likeness (QED) is 0.789. The summed E-state index contributed by atoms with van der Waals surface area (Å²) in [6.07, 6.45) is 3.76. The normalized spacial score (nSPS) is 14.6. The zero-order valence-corrected chi connectivity index (χ0v) is 13.4. The van der Waals surface area contributed by atoms with Crippen LogP contribution in [-0.2, 0) is 0 Å². The van der Waals surface area contributed by atoms with Crippen molar-refractivity contribution in [2.45, 2.75) is 38.8 Å². The molecule has 108 valence electrons. The van der Waals surface area contributed by atoms with Crippen molar-refractivity contribution >= 4 is 11.8 Å². The molecule has 0 aliphatic carbocycles. The van der Waals surface area contributed by atoms with Crippen molar-refractivity contribution in [2.24, 2.45) is 0 Å². The highest BCUT2D eigenvalue weighted by atomic mass is 32.2. The van der Waals surface area contributed by atoms with Gasteiger partial charge in [-0.2, -0.15) is 11.8 Å². The van der Waals surface area contributed by atoms with Crippen LogP contribution >= 0.6 is 11.8 Å². The summed E-state index contributed by atoms with van der Waals surface area (Å²) in [6, 6.07) is 8.79. The highest BCUT2D eigenvalue weighted by Crippen LogP contribution is 2.18. The Morgan fingerprint density at radius 3 is 2.42 bits per heavy atom. The molecule has 0 radical (unpaired) electrons. The summed E-state index contributed by atoms with van der Waals surface area (Å²) in [6.45, 7) is 5.24. The summed E-state index contributed by atoms with van der Waals surface area (Å²) in [5, 5.41) is 10.2. The highest BCUT2D eigenvalue weighted by molar-refractivity contribution is 7.98. The molecule has 0 spiro atoms. The largest absolute Gasteiger partial charge is 0.388 e. The average Bonchev–Trinajstić information content (AvgIpc) is 2.42. The molecular weight excluding hydrogens is 254 g/mol. The molecule has 1 N–H and O–H groups in total. The maximum atomic E-state index is 10.2. The molecule has 2 unspecified atom stereocenters. The van der Waals surface area contributed by atoms with E-state index < -0.39 is 0 Å². The second-order valence-electron chi connectivity index (χ2n) is 5.21. The smallest absolute Gasteiger partial charge is 0.0802 e. The zero-order chi connectivity index (χ0) is 14.3. The number of thioether (sulfide) groups is 1. The summed E-state index contributed by atoms with van der Waals surface area (Å²) < 4.78 is 0. The number of nitrogens with zero attached hydrogens (tertiary/aromatic N) is 1. The lowest BCUT2D eigenvalue weighted by atomic mass is 10.0. The minimum absolute atomic E-state index is 0.352. The second kappa shape index (κ2) is 8.62. The Bertz CT molecular complexity index is 352. The fraction of sp³-hybridized carbons (Fsp3) is 0.625. The molecule has 0 bridgehead atoms. The van der Waals surface area contributed by atoms with Gasteiger partial charge in [-0.15, -0.1) is 0 Å². The van der Waals surface area contributed by atoms with Crippen LogP contribution in [-0.4, -0.2) is 41.6 Å². The number of aliphatic hydroxyl groups excluding tert-OH is 1. The molecule has 0 fully saturated rings. The standard InChI is InChI=1S/C16H27NOS/c1-5-15(12-19-4)17(3)11-10-16(18)14-8-6-13(2)7-9-14/h6-9,15-16,18H,5,10-12H2,1-4H3. The number of hydrogen-bond donors (Lipinski definition) is 1. The van der Waals surface area contributed by atoms with Gasteiger partial charge in [0.2, 0.25) is 0 Å². The van der Waals surface area contributed by atoms with E-state index in [0.717, 1.165) is 30.7 Å². The third-order valence-corrected chi connectivity index (χ3v) is 4.39. The molecule has 1 aromatic carbocycles. The molecule has 2 nitrogen and oxygen atoms in total. The van der Waals surface area contributed by atoms with Gasteiger partial charge in [0.1, 0.15) is 0 Å². The lowest BCUT2D eigenvalue weighted by molar-refractivity contribution is 0.139. The molecule has 1 rings (SSSR count). The monoisotopic (exact) mass is 281 g/mol. The maximum Gasteiger partial charge on any atom is 0.0802 e. The second-order valence-corrected chi connectivity index (χ2v) is 6.12. The first-order valence-electron chi connectivity index (χ1n) is 7.02. The number of aliphatic hydroxyl groups is 1. The minimum atomic E-state index is -0.352. The Labute approximate surface area is 122 Å². The van der Waals surface area contributed by atoms with E-state index in [1.165, 1.54) is 5.56 Å². The number of rotatable bonds is 8. The van der Waals surface area contributed by atoms with Crippen LogP contribution in [0.2, 0.25) is 0 Å². The molecule has 0 aromatic heterocycles. The van der Waals surface area contributed by atoms with E-state index in [9.17, 15) is 5.11 Å². The van der Waals surface area contributed by atoms with Crippen molar-refractivity contribution < 1.29 is 5.11 Å². The van der Waals surface area contributed by atoms with Crippen molar-refractivity contribution in [2.75, 3.05) is 25.6 Å². The van der Waals surface area contributed by atoms with Crippen LogP contribution in [0.25, 0.3) is 0 Å². The van der Waals surface area contributed by atoms with Crippen LogP contribution in [0.15, 0.2) is 24.3 Å². The SMILES string of the molecule is CCC(CSC)N(C)CCC(O)c1ccc(C)cc1. The summed E-state index contributed by atoms with van der Waals surface area (Å²) in [5.74, 6) is 1.16. The van der Waals surface area contributed by atoms with Gasteiger partial charge >= 0.3 is 0 Å². The van der Waals surface area contributed by atoms with Gasteiger partial charge in [-0.05, 0) is 38.6 Å². The molecule has 0 aliphatic heterocycles. The fourth-order valence-electron chi connectivity index (χ4n) is 2.21. The molecule has 0 heterocycles. The van der Waals surface area contributed by atoms with E-state index >= 15 is 0 Å². The van der Waals surface area contributed by atoms with Gasteiger partial charge in [0.05, 0.1) is 6.10 Å². The molecule has 0 saturated carbocycles. The Balaban J connectivity index is 2.44. The first-order chi connectivity index (χ1) is 9.08. The van der Waals surface area contributed by atoms with E-state index in [0.29, 0.717) is 6.04 Å². The van der Waals surface area contributed by atoms with Gasteiger partial charge in [0, 0.05) is 18.3 Å². The van der Waals surface area contributed by atoms with Crippen molar-refractivity contribution in [3.63, 3.8) is 0 Å². The van der Waals surface area contributed by atoms with Gasteiger partial charge in [-0.1, -0.05) is 36.8 Å². The molecule has 1 aromatic rings. The minimum Gasteiger partial charge on any atom is -0.388 e. The van der Waals surface area contributed by atoms with Crippen molar-refractivity contribution in [1.82, 2.24) is 4.90 Å². The van der Waals surface area contributed by atoms with Gasteiger partial charge in [-0.3, -0.25) is 0 Å². The average molecular weight is 281 g/mol. The van der Waals surface area contributed by atoms with E-state index in [2.05, 4.69) is 44.2 Å². The predicted molar refractivity (Wildman–Crippen MR) is 85.8 cm³/mol. The van der Waals surface area contributed by atoms with Crippen molar-refractivity contribution in [1.29, 1.82) is 0 Å². The first-order valence-corrected chi connectivity index (χ1v) is 8.41. The van der Waals surface area contributed by atoms with E-state index in [1.54, 1.807) is 0 Å². The maximum absolute atomic E-state index is 10.2. The van der Waals surface area contributed by atoms with Gasteiger partial charge in [0.25, 0.3) is 0 Å². The van der Waals surface area contributed by atoms with E-state index in [1.807, 2.05) is 23.9 Å². The van der Waals surface area contributed by atoms with E-state index in [-0.39, 0.29) is 6.10 Å². The Morgan fingerprint density at radius 2 is 1.89 bits per heavy atom. The lowest BCUT2D eigenvalue weighted by Crippen LogP contribution is -2.34. The molecule has 3 heteroatoms. The molecule has 0 amide bonds. The molecule has 19 heavy (non-hydrogen) atoms. The number of aryl methyl sites for hydroxylation is 1. The summed E-state index contributed by atoms with van der Waals surface area (Å²) in [5.41, 5.74) is 2.26. The van der Waals surface area contributed by atoms with Crippen LogP contribution in [0.1, 0.15) is 37.0 Å². The van der Waals surface area contributed by atoms with Crippen molar-refractivity contribution in [3.8, 4) is 0 Å². The van der Waals surface area contributed by atoms with Crippen LogP contribution < -0.4 is 0 Å². The molecule has 0 saturated heterocycles. The zero-order valence-electron chi connectivity index (χ0n) is 12.6. The van der Waals surface area contributed by atoms with Crippen molar-refractivity contribution in [3.05, 3.63) is 35.4 Å². The van der Waals surface area contributed by atoms with E-state index in [4.69, 9.17) is 0 Å². The van der Waals surface area contributed by atoms with Crippen LogP contribution in [0.3, 0.4) is 0 Å². The summed E-state index contributed by atoms with van der Waals surface area (Å²) in [4.78, 5) is 2.37. The molecule has 2 atom stereocenters. The Hall–Kier alpha value is -0.510. The number of hydrogen-bond acceptors (Lipinski definition) is 3. The third-order valence-electron chi connectivity index (χ3n) is 3.67.